The molecule has 0 unspecified atom stereocenters. The highest BCUT2D eigenvalue weighted by Gasteiger charge is 2.31. The first-order valence-electron chi connectivity index (χ1n) is 6.86. The Morgan fingerprint density at radius 3 is 2.57 bits per heavy atom. The van der Waals surface area contributed by atoms with Gasteiger partial charge in [-0.25, -0.2) is 0 Å². The minimum atomic E-state index is -4.31. The topological polar surface area (TPSA) is 29.5 Å². The molecule has 116 valence electrons. The van der Waals surface area contributed by atoms with Crippen LogP contribution in [0.4, 0.5) is 13.2 Å². The molecule has 2 rings (SSSR count). The molecule has 0 saturated carbocycles. The van der Waals surface area contributed by atoms with Crippen molar-refractivity contribution in [1.82, 2.24) is 4.90 Å². The van der Waals surface area contributed by atoms with Gasteiger partial charge < -0.3 is 4.74 Å². The molecule has 1 aromatic rings. The second-order valence-electron chi connectivity index (χ2n) is 5.27. The number of ether oxygens (including phenoxy) is 1. The van der Waals surface area contributed by atoms with Crippen LogP contribution in [0.25, 0.3) is 0 Å². The van der Waals surface area contributed by atoms with Gasteiger partial charge in [-0.05, 0) is 37.6 Å². The average Bonchev–Trinajstić information content (AvgIpc) is 2.47. The average molecular weight is 301 g/mol. The highest BCUT2D eigenvalue weighted by atomic mass is 19.4. The van der Waals surface area contributed by atoms with Crippen molar-refractivity contribution in [2.75, 3.05) is 20.2 Å². The van der Waals surface area contributed by atoms with Crippen molar-refractivity contribution in [2.45, 2.75) is 25.6 Å². The molecule has 1 heterocycles. The van der Waals surface area contributed by atoms with Gasteiger partial charge in [-0.3, -0.25) is 9.69 Å². The maximum absolute atomic E-state index is 12.7. The predicted octanol–water partition coefficient (Wildman–Crippen LogP) is 3.09. The van der Waals surface area contributed by atoms with Crippen LogP contribution >= 0.6 is 0 Å². The highest BCUT2D eigenvalue weighted by molar-refractivity contribution is 5.72. The first kappa shape index (κ1) is 15.8. The van der Waals surface area contributed by atoms with Crippen molar-refractivity contribution < 1.29 is 22.7 Å². The lowest BCUT2D eigenvalue weighted by Crippen LogP contribution is -2.36. The fourth-order valence-corrected chi connectivity index (χ4v) is 2.60. The molecule has 1 aliphatic rings. The molecule has 6 heteroatoms. The lowest BCUT2D eigenvalue weighted by molar-refractivity contribution is -0.147. The van der Waals surface area contributed by atoms with Gasteiger partial charge in [0.2, 0.25) is 0 Å². The Morgan fingerprint density at radius 1 is 1.33 bits per heavy atom. The van der Waals surface area contributed by atoms with E-state index in [1.807, 2.05) is 0 Å². The Bertz CT molecular complexity index is 494. The SMILES string of the molecule is COC(=O)C1CCN(Cc2cccc(C(F)(F)F)c2)CC1. The van der Waals surface area contributed by atoms with Gasteiger partial charge in [-0.15, -0.1) is 0 Å². The van der Waals surface area contributed by atoms with Gasteiger partial charge in [-0.1, -0.05) is 18.2 Å². The predicted molar refractivity (Wildman–Crippen MR) is 71.5 cm³/mol. The Hall–Kier alpha value is -1.56. The summed E-state index contributed by atoms with van der Waals surface area (Å²) in [5, 5.41) is 0. The molecule has 1 aliphatic heterocycles. The molecule has 0 atom stereocenters. The molecule has 0 N–H and O–H groups in total. The highest BCUT2D eigenvalue weighted by Crippen LogP contribution is 2.30. The summed E-state index contributed by atoms with van der Waals surface area (Å²) >= 11 is 0. The Morgan fingerprint density at radius 2 is 2.00 bits per heavy atom. The summed E-state index contributed by atoms with van der Waals surface area (Å²) < 4.78 is 42.7. The normalized spacial score (nSPS) is 17.7. The molecule has 1 saturated heterocycles. The molecule has 0 radical (unpaired) electrons. The van der Waals surface area contributed by atoms with Crippen molar-refractivity contribution in [1.29, 1.82) is 0 Å². The number of hydrogen-bond donors (Lipinski definition) is 0. The van der Waals surface area contributed by atoms with E-state index in [2.05, 4.69) is 4.90 Å². The minimum Gasteiger partial charge on any atom is -0.469 e. The Labute approximate surface area is 121 Å². The summed E-state index contributed by atoms with van der Waals surface area (Å²) in [6.07, 6.45) is -2.94. The summed E-state index contributed by atoms with van der Waals surface area (Å²) in [7, 11) is 1.37. The fraction of sp³-hybridized carbons (Fsp3) is 0.533. The van der Waals surface area contributed by atoms with Crippen molar-refractivity contribution in [3.63, 3.8) is 0 Å². The van der Waals surface area contributed by atoms with Crippen LogP contribution in [0.5, 0.6) is 0 Å². The van der Waals surface area contributed by atoms with E-state index in [0.29, 0.717) is 38.0 Å². The molecular weight excluding hydrogens is 283 g/mol. The van der Waals surface area contributed by atoms with Crippen LogP contribution in [-0.4, -0.2) is 31.1 Å². The van der Waals surface area contributed by atoms with Gasteiger partial charge in [0, 0.05) is 6.54 Å². The van der Waals surface area contributed by atoms with E-state index in [4.69, 9.17) is 4.74 Å². The number of rotatable bonds is 3. The van der Waals surface area contributed by atoms with Crippen molar-refractivity contribution in [2.24, 2.45) is 5.92 Å². The molecule has 21 heavy (non-hydrogen) atoms. The van der Waals surface area contributed by atoms with Gasteiger partial charge >= 0.3 is 12.1 Å². The third-order valence-electron chi connectivity index (χ3n) is 3.78. The van der Waals surface area contributed by atoms with Gasteiger partial charge in [0.15, 0.2) is 0 Å². The van der Waals surface area contributed by atoms with E-state index in [0.717, 1.165) is 6.07 Å². The number of carbonyl (C=O) groups excluding carboxylic acids is 1. The van der Waals surface area contributed by atoms with Crippen LogP contribution in [-0.2, 0) is 22.3 Å². The molecule has 0 amide bonds. The van der Waals surface area contributed by atoms with E-state index in [9.17, 15) is 18.0 Å². The van der Waals surface area contributed by atoms with E-state index in [1.165, 1.54) is 19.2 Å². The van der Waals surface area contributed by atoms with Crippen LogP contribution in [0.1, 0.15) is 24.0 Å². The van der Waals surface area contributed by atoms with Gasteiger partial charge in [0.05, 0.1) is 18.6 Å². The maximum atomic E-state index is 12.7. The first-order valence-corrected chi connectivity index (χ1v) is 6.86. The quantitative estimate of drug-likeness (QED) is 0.804. The smallest absolute Gasteiger partial charge is 0.416 e. The number of likely N-dealkylation sites (tertiary alicyclic amines) is 1. The number of benzene rings is 1. The van der Waals surface area contributed by atoms with Crippen molar-refractivity contribution in [3.05, 3.63) is 35.4 Å². The monoisotopic (exact) mass is 301 g/mol. The zero-order valence-corrected chi connectivity index (χ0v) is 11.8. The Kier molecular flexibility index (Phi) is 4.88. The van der Waals surface area contributed by atoms with Gasteiger partial charge in [-0.2, -0.15) is 13.2 Å². The molecule has 0 bridgehead atoms. The van der Waals surface area contributed by atoms with Crippen LogP contribution in [0.2, 0.25) is 0 Å². The van der Waals surface area contributed by atoms with Crippen LogP contribution in [0.15, 0.2) is 24.3 Å². The zero-order chi connectivity index (χ0) is 15.5. The molecule has 1 fully saturated rings. The zero-order valence-electron chi connectivity index (χ0n) is 11.8. The van der Waals surface area contributed by atoms with Crippen LogP contribution in [0, 0.1) is 5.92 Å². The third kappa shape index (κ3) is 4.20. The number of carbonyl (C=O) groups is 1. The molecule has 0 spiro atoms. The summed E-state index contributed by atoms with van der Waals surface area (Å²) in [5.74, 6) is -0.290. The van der Waals surface area contributed by atoms with Crippen molar-refractivity contribution in [3.8, 4) is 0 Å². The lowest BCUT2D eigenvalue weighted by atomic mass is 9.96. The minimum absolute atomic E-state index is 0.0900. The summed E-state index contributed by atoms with van der Waals surface area (Å²) in [4.78, 5) is 13.5. The molecule has 1 aromatic carbocycles. The second-order valence-corrected chi connectivity index (χ2v) is 5.27. The number of halogens is 3. The number of esters is 1. The number of piperidine rings is 1. The van der Waals surface area contributed by atoms with Crippen LogP contribution < -0.4 is 0 Å². The molecular formula is C15H18F3NO2. The largest absolute Gasteiger partial charge is 0.469 e. The number of hydrogen-bond acceptors (Lipinski definition) is 3. The van der Waals surface area contributed by atoms with Gasteiger partial charge in [0.25, 0.3) is 0 Å². The van der Waals surface area contributed by atoms with E-state index < -0.39 is 11.7 Å². The summed E-state index contributed by atoms with van der Waals surface area (Å²) in [5.41, 5.74) is 0.0192. The van der Waals surface area contributed by atoms with Crippen LogP contribution in [0.3, 0.4) is 0 Å². The van der Waals surface area contributed by atoms with E-state index in [-0.39, 0.29) is 11.9 Å². The molecule has 0 aliphatic carbocycles. The fourth-order valence-electron chi connectivity index (χ4n) is 2.60. The maximum Gasteiger partial charge on any atom is 0.416 e. The molecule has 0 aromatic heterocycles. The third-order valence-corrected chi connectivity index (χ3v) is 3.78. The number of alkyl halides is 3. The standard InChI is InChI=1S/C15H18F3NO2/c1-21-14(20)12-5-7-19(8-6-12)10-11-3-2-4-13(9-11)15(16,17)18/h2-4,9,12H,5-8,10H2,1H3. The Balaban J connectivity index is 1.93. The second kappa shape index (κ2) is 6.47. The number of methoxy groups -OCH3 is 1. The van der Waals surface area contributed by atoms with E-state index >= 15 is 0 Å². The van der Waals surface area contributed by atoms with E-state index in [1.54, 1.807) is 6.07 Å². The summed E-state index contributed by atoms with van der Waals surface area (Å²) in [6.45, 7) is 1.85. The summed E-state index contributed by atoms with van der Waals surface area (Å²) in [6, 6.07) is 5.39. The number of nitrogens with zero attached hydrogens (tertiary/aromatic N) is 1. The lowest BCUT2D eigenvalue weighted by Gasteiger charge is -2.30. The van der Waals surface area contributed by atoms with Crippen molar-refractivity contribution >= 4 is 5.97 Å². The molecule has 3 nitrogen and oxygen atoms in total. The first-order chi connectivity index (χ1) is 9.90. The van der Waals surface area contributed by atoms with Gasteiger partial charge in [0.1, 0.15) is 0 Å².